The highest BCUT2D eigenvalue weighted by Gasteiger charge is 2.35. The Balaban J connectivity index is 1.72. The Labute approximate surface area is 166 Å². The molecule has 2 heterocycles. The van der Waals surface area contributed by atoms with Crippen molar-refractivity contribution in [3.8, 4) is 0 Å². The molecule has 1 aromatic heterocycles. The summed E-state index contributed by atoms with van der Waals surface area (Å²) in [4.78, 5) is 30.7. The Kier molecular flexibility index (Phi) is 4.79. The molecule has 1 unspecified atom stereocenters. The second-order valence-corrected chi connectivity index (χ2v) is 8.68. The second kappa shape index (κ2) is 7.10. The quantitative estimate of drug-likeness (QED) is 0.666. The van der Waals surface area contributed by atoms with Crippen LogP contribution in [0.2, 0.25) is 5.02 Å². The van der Waals surface area contributed by atoms with Crippen molar-refractivity contribution in [2.24, 2.45) is 0 Å². The predicted octanol–water partition coefficient (Wildman–Crippen LogP) is 4.57. The molecule has 9 heteroatoms. The molecule has 4 rings (SSSR count). The largest absolute Gasteiger partial charge is 0.481 e. The molecule has 0 spiro atoms. The van der Waals surface area contributed by atoms with E-state index in [4.69, 9.17) is 16.7 Å². The monoisotopic (exact) mass is 422 g/mol. The van der Waals surface area contributed by atoms with E-state index in [2.05, 4.69) is 4.98 Å². The number of thiazole rings is 1. The number of aliphatic carboxylic acids is 1. The molecule has 0 saturated heterocycles. The van der Waals surface area contributed by atoms with Crippen molar-refractivity contribution in [3.05, 3.63) is 52.2 Å². The molecule has 0 radical (unpaired) electrons. The summed E-state index contributed by atoms with van der Waals surface area (Å²) in [7, 11) is 0. The fraction of sp³-hybridized carbons (Fsp3) is 0.167. The molecule has 5 nitrogen and oxygen atoms in total. The van der Waals surface area contributed by atoms with Gasteiger partial charge in [-0.3, -0.25) is 9.59 Å². The molecular weight excluding hydrogens is 411 g/mol. The molecule has 1 aliphatic heterocycles. The number of benzene rings is 2. The van der Waals surface area contributed by atoms with Gasteiger partial charge in [-0.15, -0.1) is 23.1 Å². The smallest absolute Gasteiger partial charge is 0.305 e. The van der Waals surface area contributed by atoms with Gasteiger partial charge in [0.2, 0.25) is 5.91 Å². The Hall–Kier alpha value is -2.16. The number of para-hydroxylation sites is 1. The average Bonchev–Trinajstić information content (AvgIpc) is 3.05. The van der Waals surface area contributed by atoms with Crippen molar-refractivity contribution in [3.63, 3.8) is 0 Å². The van der Waals surface area contributed by atoms with E-state index in [0.717, 1.165) is 4.90 Å². The van der Waals surface area contributed by atoms with Crippen LogP contribution < -0.4 is 4.90 Å². The molecule has 1 atom stereocenters. The van der Waals surface area contributed by atoms with Crippen LogP contribution in [0.3, 0.4) is 0 Å². The topological polar surface area (TPSA) is 70.5 Å². The lowest BCUT2D eigenvalue weighted by molar-refractivity contribution is -0.138. The summed E-state index contributed by atoms with van der Waals surface area (Å²) in [6.07, 6.45) is -0.265. The SMILES string of the molecule is O=C(O)CC1Sc2ccccc2N(Cc2nc3c(F)c(Cl)ccc3s2)C1=O. The molecule has 138 valence electrons. The van der Waals surface area contributed by atoms with Gasteiger partial charge in [0.25, 0.3) is 0 Å². The highest BCUT2D eigenvalue weighted by Crippen LogP contribution is 2.41. The summed E-state index contributed by atoms with van der Waals surface area (Å²) in [6, 6.07) is 10.5. The van der Waals surface area contributed by atoms with E-state index < -0.39 is 17.0 Å². The first kappa shape index (κ1) is 18.2. The average molecular weight is 423 g/mol. The van der Waals surface area contributed by atoms with Crippen LogP contribution in [0.1, 0.15) is 11.4 Å². The Morgan fingerprint density at radius 2 is 2.07 bits per heavy atom. The van der Waals surface area contributed by atoms with Crippen molar-refractivity contribution in [1.82, 2.24) is 4.98 Å². The van der Waals surface area contributed by atoms with Crippen LogP contribution >= 0.6 is 34.7 Å². The van der Waals surface area contributed by atoms with Crippen LogP contribution in [0.5, 0.6) is 0 Å². The number of hydrogen-bond donors (Lipinski definition) is 1. The molecule has 0 saturated carbocycles. The van der Waals surface area contributed by atoms with Crippen LogP contribution in [0.15, 0.2) is 41.3 Å². The third kappa shape index (κ3) is 3.40. The third-order valence-electron chi connectivity index (χ3n) is 4.12. The van der Waals surface area contributed by atoms with E-state index in [1.54, 1.807) is 6.07 Å². The van der Waals surface area contributed by atoms with E-state index in [1.807, 2.05) is 24.3 Å². The van der Waals surface area contributed by atoms with Gasteiger partial charge in [-0.2, -0.15) is 0 Å². The highest BCUT2D eigenvalue weighted by molar-refractivity contribution is 8.01. The Bertz CT molecular complexity index is 1070. The van der Waals surface area contributed by atoms with Crippen LogP contribution in [-0.4, -0.2) is 27.2 Å². The maximum atomic E-state index is 14.2. The number of carboxylic acid groups (broad SMARTS) is 1. The van der Waals surface area contributed by atoms with Crippen LogP contribution in [0, 0.1) is 5.82 Å². The molecule has 0 aliphatic carbocycles. The molecule has 3 aromatic rings. The molecule has 1 aliphatic rings. The Morgan fingerprint density at radius 1 is 1.30 bits per heavy atom. The minimum atomic E-state index is -1.03. The lowest BCUT2D eigenvalue weighted by atomic mass is 10.2. The standard InChI is InChI=1S/C18H12ClFN2O3S2/c19-9-5-6-12-17(16(9)20)21-14(27-12)8-22-10-3-1-2-4-11(10)26-13(18(22)25)7-15(23)24/h1-6,13H,7-8H2,(H,23,24). The zero-order valence-electron chi connectivity index (χ0n) is 13.7. The van der Waals surface area contributed by atoms with Gasteiger partial charge in [-0.05, 0) is 24.3 Å². The molecular formula is C18H12ClFN2O3S2. The van der Waals surface area contributed by atoms with Gasteiger partial charge < -0.3 is 10.0 Å². The van der Waals surface area contributed by atoms with Crippen molar-refractivity contribution < 1.29 is 19.1 Å². The summed E-state index contributed by atoms with van der Waals surface area (Å²) in [5.41, 5.74) is 0.878. The summed E-state index contributed by atoms with van der Waals surface area (Å²) >= 11 is 8.34. The molecule has 27 heavy (non-hydrogen) atoms. The first-order valence-corrected chi connectivity index (χ1v) is 10.0. The molecule has 2 aromatic carbocycles. The molecule has 1 N–H and O–H groups in total. The van der Waals surface area contributed by atoms with Crippen LogP contribution in [-0.2, 0) is 16.1 Å². The summed E-state index contributed by atoms with van der Waals surface area (Å²) in [6.45, 7) is 0.142. The second-order valence-electron chi connectivity index (χ2n) is 5.91. The zero-order chi connectivity index (χ0) is 19.1. The van der Waals surface area contributed by atoms with Gasteiger partial charge in [0.05, 0.1) is 33.6 Å². The van der Waals surface area contributed by atoms with E-state index in [9.17, 15) is 14.0 Å². The number of carbonyl (C=O) groups excluding carboxylic acids is 1. The first-order valence-electron chi connectivity index (χ1n) is 7.96. The predicted molar refractivity (Wildman–Crippen MR) is 104 cm³/mol. The Morgan fingerprint density at radius 3 is 2.85 bits per heavy atom. The first-order chi connectivity index (χ1) is 12.9. The fourth-order valence-electron chi connectivity index (χ4n) is 2.91. The summed E-state index contributed by atoms with van der Waals surface area (Å²) < 4.78 is 14.8. The van der Waals surface area contributed by atoms with Gasteiger partial charge in [-0.1, -0.05) is 23.7 Å². The lowest BCUT2D eigenvalue weighted by Gasteiger charge is -2.32. The van der Waals surface area contributed by atoms with Crippen LogP contribution in [0.4, 0.5) is 10.1 Å². The number of fused-ring (bicyclic) bond motifs is 2. The zero-order valence-corrected chi connectivity index (χ0v) is 16.1. The van der Waals surface area contributed by atoms with Gasteiger partial charge in [0, 0.05) is 4.90 Å². The molecule has 0 bridgehead atoms. The molecule has 1 amide bonds. The van der Waals surface area contributed by atoms with E-state index >= 15 is 0 Å². The number of rotatable bonds is 4. The number of halogens is 2. The number of thioether (sulfide) groups is 1. The minimum absolute atomic E-state index is 0.00309. The van der Waals surface area contributed by atoms with E-state index in [1.165, 1.54) is 34.1 Å². The van der Waals surface area contributed by atoms with Gasteiger partial charge in [0.15, 0.2) is 5.82 Å². The molecule has 0 fully saturated rings. The number of carbonyl (C=O) groups is 2. The summed E-state index contributed by atoms with van der Waals surface area (Å²) in [5, 5.41) is 8.95. The number of nitrogens with zero attached hydrogens (tertiary/aromatic N) is 2. The number of anilines is 1. The van der Waals surface area contributed by atoms with Gasteiger partial charge >= 0.3 is 5.97 Å². The number of amides is 1. The fourth-order valence-corrected chi connectivity index (χ4v) is 5.23. The maximum Gasteiger partial charge on any atom is 0.305 e. The van der Waals surface area contributed by atoms with Crippen molar-refractivity contribution >= 4 is 62.5 Å². The van der Waals surface area contributed by atoms with Crippen molar-refractivity contribution in [1.29, 1.82) is 0 Å². The van der Waals surface area contributed by atoms with E-state index in [0.29, 0.717) is 15.4 Å². The van der Waals surface area contributed by atoms with Gasteiger partial charge in [0.1, 0.15) is 10.5 Å². The maximum absolute atomic E-state index is 14.2. The third-order valence-corrected chi connectivity index (χ3v) is 6.67. The minimum Gasteiger partial charge on any atom is -0.481 e. The van der Waals surface area contributed by atoms with Crippen molar-refractivity contribution in [2.75, 3.05) is 4.90 Å². The van der Waals surface area contributed by atoms with Crippen molar-refractivity contribution in [2.45, 2.75) is 23.1 Å². The normalized spacial score (nSPS) is 16.6. The lowest BCUT2D eigenvalue weighted by Crippen LogP contribution is -2.41. The number of hydrogen-bond acceptors (Lipinski definition) is 5. The number of carboxylic acids is 1. The number of aromatic nitrogens is 1. The van der Waals surface area contributed by atoms with Gasteiger partial charge in [-0.25, -0.2) is 9.37 Å². The van der Waals surface area contributed by atoms with Crippen LogP contribution in [0.25, 0.3) is 10.2 Å². The summed E-state index contributed by atoms with van der Waals surface area (Å²) in [5.74, 6) is -1.91. The highest BCUT2D eigenvalue weighted by atomic mass is 35.5. The van der Waals surface area contributed by atoms with E-state index in [-0.39, 0.29) is 29.4 Å².